The van der Waals surface area contributed by atoms with Crippen LogP contribution in [0.2, 0.25) is 0 Å². The SMILES string of the molecule is CC(C)(C)N1CCC(Nc2nnc(N)s2)CC1. The highest BCUT2D eigenvalue weighted by Gasteiger charge is 2.27. The molecule has 1 saturated heterocycles. The number of aromatic nitrogens is 2. The third kappa shape index (κ3) is 3.29. The number of nitrogens with two attached hydrogens (primary N) is 1. The smallest absolute Gasteiger partial charge is 0.207 e. The zero-order chi connectivity index (χ0) is 12.5. The molecular formula is C11H21N5S. The molecule has 0 atom stereocenters. The van der Waals surface area contributed by atoms with E-state index in [9.17, 15) is 0 Å². The van der Waals surface area contributed by atoms with E-state index in [0.717, 1.165) is 31.1 Å². The Hall–Kier alpha value is -0.880. The summed E-state index contributed by atoms with van der Waals surface area (Å²) in [6, 6.07) is 0.501. The molecule has 0 saturated carbocycles. The molecule has 3 N–H and O–H groups in total. The van der Waals surface area contributed by atoms with Crippen molar-refractivity contribution in [3.63, 3.8) is 0 Å². The van der Waals surface area contributed by atoms with Gasteiger partial charge in [-0.2, -0.15) is 0 Å². The predicted octanol–water partition coefficient (Wildman–Crippen LogP) is 1.80. The average molecular weight is 255 g/mol. The van der Waals surface area contributed by atoms with E-state index in [1.165, 1.54) is 11.3 Å². The lowest BCUT2D eigenvalue weighted by atomic mass is 9.98. The second-order valence-corrected chi connectivity index (χ2v) is 6.53. The number of nitrogens with one attached hydrogen (secondary N) is 1. The van der Waals surface area contributed by atoms with E-state index in [4.69, 9.17) is 5.73 Å². The van der Waals surface area contributed by atoms with Crippen LogP contribution >= 0.6 is 11.3 Å². The van der Waals surface area contributed by atoms with E-state index in [-0.39, 0.29) is 5.54 Å². The monoisotopic (exact) mass is 255 g/mol. The maximum Gasteiger partial charge on any atom is 0.207 e. The van der Waals surface area contributed by atoms with Crippen LogP contribution in [-0.2, 0) is 0 Å². The quantitative estimate of drug-likeness (QED) is 0.843. The van der Waals surface area contributed by atoms with E-state index in [2.05, 4.69) is 41.2 Å². The second kappa shape index (κ2) is 4.78. The molecule has 6 heteroatoms. The maximum atomic E-state index is 5.56. The summed E-state index contributed by atoms with van der Waals surface area (Å²) in [6.07, 6.45) is 2.30. The van der Waals surface area contributed by atoms with Crippen molar-refractivity contribution < 1.29 is 0 Å². The lowest BCUT2D eigenvalue weighted by Gasteiger charge is -2.40. The van der Waals surface area contributed by atoms with E-state index >= 15 is 0 Å². The van der Waals surface area contributed by atoms with Crippen LogP contribution in [0.25, 0.3) is 0 Å². The fourth-order valence-corrected chi connectivity index (χ4v) is 2.75. The Bertz CT molecular complexity index is 362. The van der Waals surface area contributed by atoms with Gasteiger partial charge >= 0.3 is 0 Å². The van der Waals surface area contributed by atoms with Gasteiger partial charge in [-0.3, -0.25) is 4.90 Å². The minimum Gasteiger partial charge on any atom is -0.374 e. The highest BCUT2D eigenvalue weighted by Crippen LogP contribution is 2.24. The van der Waals surface area contributed by atoms with Crippen molar-refractivity contribution in [1.29, 1.82) is 0 Å². The first-order valence-electron chi connectivity index (χ1n) is 6.06. The zero-order valence-corrected chi connectivity index (χ0v) is 11.5. The fourth-order valence-electron chi connectivity index (χ4n) is 2.16. The van der Waals surface area contributed by atoms with Gasteiger partial charge in [0.25, 0.3) is 0 Å². The first-order valence-corrected chi connectivity index (χ1v) is 6.87. The third-order valence-corrected chi connectivity index (χ3v) is 3.90. The van der Waals surface area contributed by atoms with Crippen molar-refractivity contribution >= 4 is 21.6 Å². The first-order chi connectivity index (χ1) is 7.95. The van der Waals surface area contributed by atoms with Crippen molar-refractivity contribution in [2.45, 2.75) is 45.2 Å². The molecule has 1 aromatic rings. The van der Waals surface area contributed by atoms with Gasteiger partial charge in [0, 0.05) is 24.7 Å². The van der Waals surface area contributed by atoms with Gasteiger partial charge in [0.1, 0.15) is 0 Å². The number of hydrogen-bond donors (Lipinski definition) is 2. The van der Waals surface area contributed by atoms with Crippen molar-refractivity contribution in [3.8, 4) is 0 Å². The number of anilines is 2. The maximum absolute atomic E-state index is 5.56. The lowest BCUT2D eigenvalue weighted by molar-refractivity contribution is 0.106. The molecule has 0 bridgehead atoms. The van der Waals surface area contributed by atoms with Crippen LogP contribution in [0.15, 0.2) is 0 Å². The summed E-state index contributed by atoms with van der Waals surface area (Å²) in [5.41, 5.74) is 5.84. The Labute approximate surface area is 106 Å². The number of likely N-dealkylation sites (tertiary alicyclic amines) is 1. The Morgan fingerprint density at radius 1 is 1.29 bits per heavy atom. The molecular weight excluding hydrogens is 234 g/mol. The largest absolute Gasteiger partial charge is 0.374 e. The first kappa shape index (κ1) is 12.6. The molecule has 96 valence electrons. The molecule has 0 radical (unpaired) electrons. The molecule has 5 nitrogen and oxygen atoms in total. The molecule has 2 rings (SSSR count). The summed E-state index contributed by atoms with van der Waals surface area (Å²) in [6.45, 7) is 9.08. The molecule has 1 aliphatic rings. The van der Waals surface area contributed by atoms with Gasteiger partial charge in [-0.1, -0.05) is 11.3 Å². The number of hydrogen-bond acceptors (Lipinski definition) is 6. The number of nitrogen functional groups attached to an aromatic ring is 1. The molecule has 1 fully saturated rings. The Morgan fingerprint density at radius 2 is 1.94 bits per heavy atom. The van der Waals surface area contributed by atoms with Crippen molar-refractivity contribution in [1.82, 2.24) is 15.1 Å². The number of rotatable bonds is 2. The van der Waals surface area contributed by atoms with Gasteiger partial charge in [-0.15, -0.1) is 10.2 Å². The molecule has 0 spiro atoms. The van der Waals surface area contributed by atoms with E-state index in [1.54, 1.807) is 0 Å². The Kier molecular flexibility index (Phi) is 3.53. The van der Waals surface area contributed by atoms with Gasteiger partial charge in [0.15, 0.2) is 0 Å². The van der Waals surface area contributed by atoms with Crippen molar-refractivity contribution in [3.05, 3.63) is 0 Å². The minimum absolute atomic E-state index is 0.276. The van der Waals surface area contributed by atoms with Crippen LogP contribution in [0.5, 0.6) is 0 Å². The standard InChI is InChI=1S/C11H21N5S/c1-11(2,3)16-6-4-8(5-7-16)13-10-15-14-9(12)17-10/h8H,4-7H2,1-3H3,(H2,12,14)(H,13,15). The number of nitrogens with zero attached hydrogens (tertiary/aromatic N) is 3. The van der Waals surface area contributed by atoms with Crippen LogP contribution in [-0.4, -0.2) is 39.8 Å². The molecule has 1 aliphatic heterocycles. The molecule has 0 amide bonds. The van der Waals surface area contributed by atoms with Gasteiger partial charge in [0.05, 0.1) is 0 Å². The van der Waals surface area contributed by atoms with E-state index in [0.29, 0.717) is 11.2 Å². The van der Waals surface area contributed by atoms with Crippen LogP contribution in [0.1, 0.15) is 33.6 Å². The van der Waals surface area contributed by atoms with Gasteiger partial charge < -0.3 is 11.1 Å². The molecule has 1 aromatic heterocycles. The van der Waals surface area contributed by atoms with Gasteiger partial charge in [-0.25, -0.2) is 0 Å². The third-order valence-electron chi connectivity index (χ3n) is 3.21. The summed E-state index contributed by atoms with van der Waals surface area (Å²) in [4.78, 5) is 2.53. The van der Waals surface area contributed by atoms with Gasteiger partial charge in [0.2, 0.25) is 10.3 Å². The molecule has 0 unspecified atom stereocenters. The van der Waals surface area contributed by atoms with E-state index < -0.39 is 0 Å². The molecule has 0 aliphatic carbocycles. The molecule has 2 heterocycles. The van der Waals surface area contributed by atoms with Crippen molar-refractivity contribution in [2.24, 2.45) is 0 Å². The minimum atomic E-state index is 0.276. The normalized spacial score (nSPS) is 19.5. The summed E-state index contributed by atoms with van der Waals surface area (Å²) >= 11 is 1.42. The zero-order valence-electron chi connectivity index (χ0n) is 10.7. The van der Waals surface area contributed by atoms with Gasteiger partial charge in [-0.05, 0) is 33.6 Å². The molecule has 17 heavy (non-hydrogen) atoms. The summed E-state index contributed by atoms with van der Waals surface area (Å²) in [5.74, 6) is 0. The Balaban J connectivity index is 1.83. The van der Waals surface area contributed by atoms with E-state index in [1.807, 2.05) is 0 Å². The molecule has 0 aromatic carbocycles. The second-order valence-electron chi connectivity index (χ2n) is 5.52. The average Bonchev–Trinajstić information content (AvgIpc) is 2.63. The van der Waals surface area contributed by atoms with Crippen LogP contribution in [0, 0.1) is 0 Å². The van der Waals surface area contributed by atoms with Crippen LogP contribution in [0.3, 0.4) is 0 Å². The van der Waals surface area contributed by atoms with Crippen LogP contribution < -0.4 is 11.1 Å². The lowest BCUT2D eigenvalue weighted by Crippen LogP contribution is -2.48. The highest BCUT2D eigenvalue weighted by molar-refractivity contribution is 7.18. The predicted molar refractivity (Wildman–Crippen MR) is 72.3 cm³/mol. The topological polar surface area (TPSA) is 67.1 Å². The fraction of sp³-hybridized carbons (Fsp3) is 0.818. The number of piperidine rings is 1. The summed E-state index contributed by atoms with van der Waals surface area (Å²) in [5, 5.41) is 12.6. The van der Waals surface area contributed by atoms with Crippen LogP contribution in [0.4, 0.5) is 10.3 Å². The highest BCUT2D eigenvalue weighted by atomic mass is 32.1. The Morgan fingerprint density at radius 3 is 2.41 bits per heavy atom. The summed E-state index contributed by atoms with van der Waals surface area (Å²) < 4.78 is 0. The summed E-state index contributed by atoms with van der Waals surface area (Å²) in [7, 11) is 0. The van der Waals surface area contributed by atoms with Crippen molar-refractivity contribution in [2.75, 3.05) is 24.1 Å².